The van der Waals surface area contributed by atoms with E-state index in [0.29, 0.717) is 69.1 Å². The number of fused-ring (bicyclic) bond motifs is 6. The maximum absolute atomic E-state index is 14.3. The summed E-state index contributed by atoms with van der Waals surface area (Å²) in [7, 11) is 0. The molecule has 0 spiro atoms. The third kappa shape index (κ3) is 5.53. The molecule has 0 radical (unpaired) electrons. The zero-order chi connectivity index (χ0) is 38.5. The van der Waals surface area contributed by atoms with Crippen molar-refractivity contribution in [2.45, 2.75) is 24.7 Å². The van der Waals surface area contributed by atoms with E-state index < -0.39 is 58.3 Å². The van der Waals surface area contributed by atoms with E-state index in [2.05, 4.69) is 0 Å². The van der Waals surface area contributed by atoms with Gasteiger partial charge in [-0.25, -0.2) is 0 Å². The fraction of sp³-hybridized carbons (Fsp3) is 0.100. The Morgan fingerprint density at radius 3 is 0.907 bits per heavy atom. The van der Waals surface area contributed by atoms with Crippen LogP contribution in [0.25, 0.3) is 66.1 Å². The molecule has 8 aromatic rings. The summed E-state index contributed by atoms with van der Waals surface area (Å²) in [5.41, 5.74) is -7.12. The van der Waals surface area contributed by atoms with Gasteiger partial charge in [0.25, 0.3) is 0 Å². The van der Waals surface area contributed by atoms with Crippen LogP contribution in [0.1, 0.15) is 22.3 Å². The molecule has 54 heavy (non-hydrogen) atoms. The SMILES string of the molecule is FC(F)(F)c1cccc(C(F)(F)F)c1-n1c2ccccc2c2cc(-c3ccc4c(c3)c3ccccc3n4-c3c(C(F)(F)F)cccc3C(F)(F)F)ccc21. The molecule has 0 saturated heterocycles. The van der Waals surface area contributed by atoms with Gasteiger partial charge in [0.05, 0.1) is 55.7 Å². The minimum Gasteiger partial charge on any atom is -0.308 e. The Kier molecular flexibility index (Phi) is 7.67. The van der Waals surface area contributed by atoms with Gasteiger partial charge in [0.1, 0.15) is 0 Å². The van der Waals surface area contributed by atoms with E-state index in [9.17, 15) is 52.7 Å². The Balaban J connectivity index is 1.39. The van der Waals surface area contributed by atoms with Gasteiger partial charge < -0.3 is 9.13 Å². The molecule has 274 valence electrons. The normalized spacial score (nSPS) is 13.2. The zero-order valence-corrected chi connectivity index (χ0v) is 27.0. The number of benzene rings is 6. The molecular weight excluding hydrogens is 736 g/mol. The fourth-order valence-corrected chi connectivity index (χ4v) is 7.27. The number of nitrogens with zero attached hydrogens (tertiary/aromatic N) is 2. The summed E-state index contributed by atoms with van der Waals surface area (Å²) in [6.07, 6.45) is -20.6. The summed E-state index contributed by atoms with van der Waals surface area (Å²) in [5, 5.41) is 1.26. The van der Waals surface area contributed by atoms with E-state index in [1.807, 2.05) is 0 Å². The van der Waals surface area contributed by atoms with Gasteiger partial charge in [-0.3, -0.25) is 0 Å². The Bertz CT molecular complexity index is 2520. The number of hydrogen-bond donors (Lipinski definition) is 0. The van der Waals surface area contributed by atoms with Gasteiger partial charge in [-0.2, -0.15) is 52.7 Å². The molecule has 0 fully saturated rings. The second-order valence-electron chi connectivity index (χ2n) is 12.6. The van der Waals surface area contributed by atoms with Crippen LogP contribution in [0, 0.1) is 0 Å². The average Bonchev–Trinajstić information content (AvgIpc) is 3.61. The monoisotopic (exact) mass is 756 g/mol. The first-order valence-corrected chi connectivity index (χ1v) is 16.0. The van der Waals surface area contributed by atoms with Gasteiger partial charge in [0.2, 0.25) is 0 Å². The topological polar surface area (TPSA) is 9.86 Å². The molecule has 0 aliphatic heterocycles. The molecule has 0 aliphatic carbocycles. The van der Waals surface area contributed by atoms with E-state index in [-0.39, 0.29) is 22.1 Å². The summed E-state index contributed by atoms with van der Waals surface area (Å²) < 4.78 is 174. The van der Waals surface area contributed by atoms with Crippen molar-refractivity contribution in [1.82, 2.24) is 9.13 Å². The highest BCUT2D eigenvalue weighted by molar-refractivity contribution is 6.13. The minimum atomic E-state index is -5.15. The summed E-state index contributed by atoms with van der Waals surface area (Å²) in [6.45, 7) is 0. The Morgan fingerprint density at radius 2 is 0.593 bits per heavy atom. The van der Waals surface area contributed by atoms with Gasteiger partial charge >= 0.3 is 24.7 Å². The second-order valence-corrected chi connectivity index (χ2v) is 12.6. The van der Waals surface area contributed by atoms with Gasteiger partial charge in [0, 0.05) is 21.5 Å². The maximum Gasteiger partial charge on any atom is 0.418 e. The number of hydrogen-bond acceptors (Lipinski definition) is 0. The number of aromatic nitrogens is 2. The predicted octanol–water partition coefficient (Wildman–Crippen LogP) is 13.6. The number of rotatable bonds is 3. The van der Waals surface area contributed by atoms with Crippen molar-refractivity contribution in [2.75, 3.05) is 0 Å². The minimum absolute atomic E-state index is 0.0308. The second kappa shape index (κ2) is 11.8. The Morgan fingerprint density at radius 1 is 0.296 bits per heavy atom. The Labute approximate surface area is 296 Å². The van der Waals surface area contributed by atoms with E-state index in [4.69, 9.17) is 0 Å². The van der Waals surface area contributed by atoms with E-state index in [0.717, 1.165) is 9.13 Å². The molecule has 0 atom stereocenters. The van der Waals surface area contributed by atoms with Crippen molar-refractivity contribution in [3.05, 3.63) is 144 Å². The summed E-state index contributed by atoms with van der Waals surface area (Å²) in [6, 6.07) is 24.6. The van der Waals surface area contributed by atoms with Crippen LogP contribution in [0.4, 0.5) is 52.7 Å². The van der Waals surface area contributed by atoms with Crippen LogP contribution in [0.3, 0.4) is 0 Å². The first-order valence-electron chi connectivity index (χ1n) is 16.0. The molecule has 2 nitrogen and oxygen atoms in total. The fourth-order valence-electron chi connectivity index (χ4n) is 7.27. The molecule has 2 aromatic heterocycles. The van der Waals surface area contributed by atoms with Crippen molar-refractivity contribution >= 4 is 43.6 Å². The molecule has 2 heterocycles. The summed E-state index contributed by atoms with van der Waals surface area (Å²) in [5.74, 6) is 0. The molecule has 0 amide bonds. The lowest BCUT2D eigenvalue weighted by atomic mass is 10.0. The van der Waals surface area contributed by atoms with Crippen molar-refractivity contribution in [1.29, 1.82) is 0 Å². The molecular formula is C40H20F12N2. The molecule has 8 rings (SSSR count). The quantitative estimate of drug-likeness (QED) is 0.159. The van der Waals surface area contributed by atoms with Crippen LogP contribution < -0.4 is 0 Å². The van der Waals surface area contributed by atoms with Crippen LogP contribution in [0.2, 0.25) is 0 Å². The first kappa shape index (κ1) is 35.1. The van der Waals surface area contributed by atoms with Gasteiger partial charge in [0.15, 0.2) is 0 Å². The molecule has 0 N–H and O–H groups in total. The lowest BCUT2D eigenvalue weighted by Gasteiger charge is -2.21. The van der Waals surface area contributed by atoms with Gasteiger partial charge in [-0.15, -0.1) is 0 Å². The zero-order valence-electron chi connectivity index (χ0n) is 27.0. The van der Waals surface area contributed by atoms with E-state index >= 15 is 0 Å². The largest absolute Gasteiger partial charge is 0.418 e. The molecule has 0 unspecified atom stereocenters. The lowest BCUT2D eigenvalue weighted by molar-refractivity contribution is -0.144. The van der Waals surface area contributed by atoms with Crippen LogP contribution in [-0.4, -0.2) is 9.13 Å². The number of alkyl halides is 12. The van der Waals surface area contributed by atoms with Gasteiger partial charge in [-0.05, 0) is 71.8 Å². The highest BCUT2D eigenvalue weighted by Gasteiger charge is 2.43. The smallest absolute Gasteiger partial charge is 0.308 e. The van der Waals surface area contributed by atoms with Crippen molar-refractivity contribution in [3.63, 3.8) is 0 Å². The lowest BCUT2D eigenvalue weighted by Crippen LogP contribution is -2.17. The molecule has 0 aliphatic rings. The molecule has 14 heteroatoms. The highest BCUT2D eigenvalue weighted by Crippen LogP contribution is 2.47. The predicted molar refractivity (Wildman–Crippen MR) is 181 cm³/mol. The number of para-hydroxylation sites is 4. The van der Waals surface area contributed by atoms with Crippen LogP contribution in [0.15, 0.2) is 121 Å². The van der Waals surface area contributed by atoms with Crippen molar-refractivity contribution < 1.29 is 52.7 Å². The molecule has 6 aromatic carbocycles. The van der Waals surface area contributed by atoms with Crippen LogP contribution in [-0.2, 0) is 24.7 Å². The first-order chi connectivity index (χ1) is 25.4. The van der Waals surface area contributed by atoms with Gasteiger partial charge in [-0.1, -0.05) is 60.7 Å². The van der Waals surface area contributed by atoms with E-state index in [1.54, 1.807) is 36.4 Å². The third-order valence-corrected chi connectivity index (χ3v) is 9.42. The maximum atomic E-state index is 14.3. The molecule has 0 saturated carbocycles. The van der Waals surface area contributed by atoms with Crippen molar-refractivity contribution in [3.8, 4) is 22.5 Å². The Hall–Kier alpha value is -5.92. The van der Waals surface area contributed by atoms with Crippen molar-refractivity contribution in [2.24, 2.45) is 0 Å². The summed E-state index contributed by atoms with van der Waals surface area (Å²) in [4.78, 5) is 0. The number of halogens is 12. The summed E-state index contributed by atoms with van der Waals surface area (Å²) >= 11 is 0. The molecule has 0 bridgehead atoms. The third-order valence-electron chi connectivity index (χ3n) is 9.42. The standard InChI is InChI=1S/C40H20F12N2/c41-37(42,43)27-9-5-10-28(38(44,45)46)35(27)53-31-13-3-1-7-23(31)25-19-21(15-17-33(25)53)22-16-18-34-26(20-22)24-8-2-4-14-32(24)54(34)36-29(39(47,48)49)11-6-12-30(36)40(50,51)52/h1-20H. The van der Waals surface area contributed by atoms with Crippen LogP contribution >= 0.6 is 0 Å². The van der Waals surface area contributed by atoms with Crippen LogP contribution in [0.5, 0.6) is 0 Å². The van der Waals surface area contributed by atoms with E-state index in [1.165, 1.54) is 48.5 Å². The average molecular weight is 757 g/mol. The highest BCUT2D eigenvalue weighted by atomic mass is 19.4.